The number of ether oxygens (including phenoxy) is 3. The molecular formula is C34H56N2O10S. The van der Waals surface area contributed by atoms with Crippen molar-refractivity contribution in [2.24, 2.45) is 34.3 Å². The predicted molar refractivity (Wildman–Crippen MR) is 176 cm³/mol. The lowest BCUT2D eigenvalue weighted by Gasteiger charge is -2.60. The Bertz CT molecular complexity index is 1120. The molecule has 3 saturated carbocycles. The molecule has 7 atom stereocenters. The summed E-state index contributed by atoms with van der Waals surface area (Å²) in [6.07, 6.45) is 4.68. The third kappa shape index (κ3) is 8.49. The zero-order chi connectivity index (χ0) is 34.1. The van der Waals surface area contributed by atoms with Crippen LogP contribution >= 0.6 is 11.8 Å². The number of fused-ring (bicyclic) bond motifs is 5. The molecule has 4 aliphatic carbocycles. The van der Waals surface area contributed by atoms with Gasteiger partial charge in [-0.25, -0.2) is 0 Å². The van der Waals surface area contributed by atoms with Gasteiger partial charge in [0.15, 0.2) is 11.6 Å². The summed E-state index contributed by atoms with van der Waals surface area (Å²) in [5.74, 6) is -0.384. The van der Waals surface area contributed by atoms with Crippen LogP contribution in [-0.4, -0.2) is 110 Å². The van der Waals surface area contributed by atoms with Gasteiger partial charge in [0.25, 0.3) is 0 Å². The zero-order valence-electron chi connectivity index (χ0n) is 28.1. The predicted octanol–water partition coefficient (Wildman–Crippen LogP) is 2.07. The molecule has 0 bridgehead atoms. The third-order valence-corrected chi connectivity index (χ3v) is 12.5. The van der Waals surface area contributed by atoms with E-state index in [-0.39, 0.29) is 41.8 Å². The summed E-state index contributed by atoms with van der Waals surface area (Å²) in [4.78, 5) is 44.1. The Morgan fingerprint density at radius 2 is 1.68 bits per heavy atom. The number of aliphatic hydroxyl groups is 3. The number of nitrogens with two attached hydrogens (primary N) is 1. The van der Waals surface area contributed by atoms with Crippen LogP contribution in [0.15, 0.2) is 10.5 Å². The Kier molecular flexibility index (Phi) is 14.3. The van der Waals surface area contributed by atoms with Gasteiger partial charge in [0.1, 0.15) is 12.2 Å². The van der Waals surface area contributed by atoms with E-state index in [1.54, 1.807) is 0 Å². The molecular weight excluding hydrogens is 628 g/mol. The number of ketones is 2. The van der Waals surface area contributed by atoms with Gasteiger partial charge in [-0.3, -0.25) is 14.4 Å². The number of Topliss-reactive ketones (excluding diaryl/α,β-unsaturated/α-hetero) is 2. The molecule has 0 radical (unpaired) electrons. The fourth-order valence-electron chi connectivity index (χ4n) is 8.95. The number of aliphatic hydroxyl groups excluding tert-OH is 2. The minimum Gasteiger partial charge on any atom is -0.393 e. The molecule has 268 valence electrons. The summed E-state index contributed by atoms with van der Waals surface area (Å²) in [5, 5.41) is 32.7. The van der Waals surface area contributed by atoms with Crippen molar-refractivity contribution in [3.63, 3.8) is 0 Å². The van der Waals surface area contributed by atoms with E-state index in [9.17, 15) is 29.7 Å². The summed E-state index contributed by atoms with van der Waals surface area (Å²) in [6, 6.07) is 0. The molecule has 0 amide bonds. The lowest BCUT2D eigenvalue weighted by molar-refractivity contribution is -0.182. The normalized spacial score (nSPS) is 33.4. The molecule has 0 aromatic carbocycles. The maximum Gasteiger partial charge on any atom is 0.325 e. The molecule has 0 aromatic heterocycles. The van der Waals surface area contributed by atoms with Crippen LogP contribution in [-0.2, 0) is 33.4 Å². The molecule has 4 rings (SSSR count). The van der Waals surface area contributed by atoms with E-state index in [0.717, 1.165) is 23.3 Å². The minimum atomic E-state index is -1.63. The molecule has 0 aliphatic heterocycles. The van der Waals surface area contributed by atoms with Crippen LogP contribution in [0.1, 0.15) is 78.1 Å². The highest BCUT2D eigenvalue weighted by Gasteiger charge is 2.68. The van der Waals surface area contributed by atoms with Crippen molar-refractivity contribution in [2.75, 3.05) is 65.1 Å². The van der Waals surface area contributed by atoms with Crippen LogP contribution in [0.5, 0.6) is 0 Å². The highest BCUT2D eigenvalue weighted by Crippen LogP contribution is 2.68. The first-order valence-corrected chi connectivity index (χ1v) is 18.3. The summed E-state index contributed by atoms with van der Waals surface area (Å²) < 4.78 is 16.3. The van der Waals surface area contributed by atoms with Crippen molar-refractivity contribution in [3.05, 3.63) is 10.5 Å². The van der Waals surface area contributed by atoms with Crippen molar-refractivity contribution in [1.82, 2.24) is 5.48 Å². The van der Waals surface area contributed by atoms with Crippen LogP contribution in [0.2, 0.25) is 0 Å². The van der Waals surface area contributed by atoms with Gasteiger partial charge in [-0.1, -0.05) is 13.8 Å². The summed E-state index contributed by atoms with van der Waals surface area (Å²) in [7, 11) is 0. The number of thioether (sulfide) groups is 1. The van der Waals surface area contributed by atoms with Gasteiger partial charge in [0, 0.05) is 37.3 Å². The molecule has 12 nitrogen and oxygen atoms in total. The van der Waals surface area contributed by atoms with E-state index in [2.05, 4.69) is 12.4 Å². The molecule has 0 spiro atoms. The minimum absolute atomic E-state index is 0.0496. The number of carbonyl (C=O) groups is 3. The average molecular weight is 685 g/mol. The number of carbonyl (C=O) groups excluding carboxylic acids is 3. The molecule has 4 aliphatic rings. The molecule has 6 N–H and O–H groups in total. The topological polar surface area (TPSA) is 187 Å². The van der Waals surface area contributed by atoms with Gasteiger partial charge in [-0.05, 0) is 86.7 Å². The average Bonchev–Trinajstić information content (AvgIpc) is 3.32. The molecule has 0 aromatic rings. The van der Waals surface area contributed by atoms with Crippen molar-refractivity contribution >= 4 is 29.3 Å². The molecule has 0 heterocycles. The lowest BCUT2D eigenvalue weighted by Crippen LogP contribution is -2.62. The summed E-state index contributed by atoms with van der Waals surface area (Å²) >= 11 is 1.41. The number of rotatable bonds is 20. The molecule has 13 heteroatoms. The fraction of sp³-hybridized carbons (Fsp3) is 0.853. The molecule has 3 fully saturated rings. The Morgan fingerprint density at radius 1 is 1.00 bits per heavy atom. The van der Waals surface area contributed by atoms with Crippen molar-refractivity contribution in [3.8, 4) is 0 Å². The van der Waals surface area contributed by atoms with Gasteiger partial charge >= 0.3 is 5.97 Å². The number of hydroxylamine groups is 1. The highest BCUT2D eigenvalue weighted by molar-refractivity contribution is 8.04. The van der Waals surface area contributed by atoms with E-state index >= 15 is 0 Å². The SMILES string of the molecule is CC12CCC(=O)C(SCCC(=O)ONCCCOCCOCCOCCCN)=C1CCC1C2C(O)CC2(C)C1CC[C@]2(O)C(=O)CO. The zero-order valence-corrected chi connectivity index (χ0v) is 29.0. The van der Waals surface area contributed by atoms with Crippen molar-refractivity contribution < 1.29 is 48.8 Å². The Morgan fingerprint density at radius 3 is 2.36 bits per heavy atom. The first kappa shape index (κ1) is 38.4. The smallest absolute Gasteiger partial charge is 0.325 e. The van der Waals surface area contributed by atoms with E-state index < -0.39 is 35.5 Å². The maximum atomic E-state index is 13.2. The number of hydrogen-bond acceptors (Lipinski definition) is 13. The monoisotopic (exact) mass is 684 g/mol. The van der Waals surface area contributed by atoms with Gasteiger partial charge in [-0.15, -0.1) is 11.8 Å². The number of hydrogen-bond donors (Lipinski definition) is 5. The first-order valence-electron chi connectivity index (χ1n) is 17.3. The van der Waals surface area contributed by atoms with E-state index in [1.165, 1.54) is 11.8 Å². The molecule has 47 heavy (non-hydrogen) atoms. The van der Waals surface area contributed by atoms with Crippen LogP contribution in [0.25, 0.3) is 0 Å². The second-order valence-corrected chi connectivity index (χ2v) is 15.1. The third-order valence-electron chi connectivity index (χ3n) is 11.3. The van der Waals surface area contributed by atoms with Gasteiger partial charge < -0.3 is 40.1 Å². The van der Waals surface area contributed by atoms with Crippen molar-refractivity contribution in [2.45, 2.75) is 89.8 Å². The van der Waals surface area contributed by atoms with Gasteiger partial charge in [-0.2, -0.15) is 5.48 Å². The van der Waals surface area contributed by atoms with Crippen LogP contribution in [0.4, 0.5) is 0 Å². The van der Waals surface area contributed by atoms with Crippen molar-refractivity contribution in [1.29, 1.82) is 0 Å². The maximum absolute atomic E-state index is 13.2. The summed E-state index contributed by atoms with van der Waals surface area (Å²) in [5.41, 5.74) is 6.36. The lowest BCUT2D eigenvalue weighted by atomic mass is 9.45. The number of nitrogens with one attached hydrogen (secondary N) is 1. The Labute approximate surface area is 282 Å². The quantitative estimate of drug-likeness (QED) is 0.0928. The second kappa shape index (κ2) is 17.5. The molecule has 0 saturated heterocycles. The van der Waals surface area contributed by atoms with Gasteiger partial charge in [0.05, 0.1) is 43.9 Å². The van der Waals surface area contributed by atoms with E-state index in [0.29, 0.717) is 97.0 Å². The van der Waals surface area contributed by atoms with E-state index in [1.807, 2.05) is 6.92 Å². The summed E-state index contributed by atoms with van der Waals surface area (Å²) in [6.45, 7) is 7.60. The Balaban J connectivity index is 1.20. The highest BCUT2D eigenvalue weighted by atomic mass is 32.2. The fourth-order valence-corrected chi connectivity index (χ4v) is 10.2. The largest absolute Gasteiger partial charge is 0.393 e. The van der Waals surface area contributed by atoms with Gasteiger partial charge in [0.2, 0.25) is 0 Å². The number of allylic oxidation sites excluding steroid dienone is 1. The second-order valence-electron chi connectivity index (χ2n) is 14.0. The first-order chi connectivity index (χ1) is 22.5. The van der Waals surface area contributed by atoms with E-state index in [4.69, 9.17) is 24.8 Å². The van der Waals surface area contributed by atoms with Crippen LogP contribution < -0.4 is 11.2 Å². The molecule has 6 unspecified atom stereocenters. The standard InChI is InChI=1S/C34H56N2O10S/c1-32-10-8-26(38)31(47-20-9-29(41)46-36-13-4-15-44-17-19-45-18-16-43-14-3-12-35)25(32)6-5-23-24-7-11-34(42,28(40)22-37)33(24,2)21-27(39)30(23)32/h23-24,27,30,36-37,39,42H,3-22,35H2,1-2H3/t23?,24?,27?,30?,32?,33?,34-/m0/s1. The van der Waals surface area contributed by atoms with Crippen LogP contribution in [0, 0.1) is 28.6 Å². The van der Waals surface area contributed by atoms with Crippen LogP contribution in [0.3, 0.4) is 0 Å². The Hall–Kier alpha value is -1.42.